The fraction of sp³-hybridized carbons (Fsp3) is 0.154. The van der Waals surface area contributed by atoms with Gasteiger partial charge >= 0.3 is 0 Å². The van der Waals surface area contributed by atoms with Gasteiger partial charge in [-0.3, -0.25) is 0 Å². The number of ether oxygens (including phenoxy) is 1. The van der Waals surface area contributed by atoms with Gasteiger partial charge < -0.3 is 10.1 Å². The lowest BCUT2D eigenvalue weighted by Gasteiger charge is -2.10. The number of hydrogen-bond donors (Lipinski definition) is 1. The molecule has 0 aliphatic heterocycles. The van der Waals surface area contributed by atoms with Crippen molar-refractivity contribution in [1.82, 2.24) is 10.3 Å². The van der Waals surface area contributed by atoms with Gasteiger partial charge in [-0.1, -0.05) is 23.2 Å². The van der Waals surface area contributed by atoms with Crippen LogP contribution in [0.2, 0.25) is 10.0 Å². The Morgan fingerprint density at radius 3 is 2.74 bits per heavy atom. The Bertz CT molecular complexity index is 593. The maximum atomic E-state index is 13.1. The predicted octanol–water partition coefficient (Wildman–Crippen LogP) is 4.04. The highest BCUT2D eigenvalue weighted by atomic mass is 35.5. The molecule has 0 atom stereocenters. The average Bonchev–Trinajstić information content (AvgIpc) is 2.37. The van der Waals surface area contributed by atoms with Gasteiger partial charge in [-0.05, 0) is 25.2 Å². The van der Waals surface area contributed by atoms with Gasteiger partial charge in [0.15, 0.2) is 0 Å². The van der Waals surface area contributed by atoms with Gasteiger partial charge in [0, 0.05) is 18.2 Å². The summed E-state index contributed by atoms with van der Waals surface area (Å²) < 4.78 is 18.7. The van der Waals surface area contributed by atoms with Crippen LogP contribution < -0.4 is 10.1 Å². The first-order valence-electron chi connectivity index (χ1n) is 5.52. The third-order valence-corrected chi connectivity index (χ3v) is 3.10. The summed E-state index contributed by atoms with van der Waals surface area (Å²) in [5.74, 6) is 0.409. The Morgan fingerprint density at radius 1 is 1.26 bits per heavy atom. The first-order chi connectivity index (χ1) is 9.10. The van der Waals surface area contributed by atoms with E-state index in [1.807, 2.05) is 0 Å². The standard InChI is InChI=1S/C13H11Cl2FN2O/c1-17-6-8-4-9(16)7-18-13(8)19-10-2-3-11(14)12(15)5-10/h2-5,7,17H,6H2,1H3. The van der Waals surface area contributed by atoms with Crippen molar-refractivity contribution >= 4 is 23.2 Å². The number of nitrogens with zero attached hydrogens (tertiary/aromatic N) is 1. The summed E-state index contributed by atoms with van der Waals surface area (Å²) in [6.45, 7) is 0.446. The molecule has 0 bridgehead atoms. The van der Waals surface area contributed by atoms with Gasteiger partial charge in [0.2, 0.25) is 5.88 Å². The number of rotatable bonds is 4. The van der Waals surface area contributed by atoms with Crippen LogP contribution in [0.5, 0.6) is 11.6 Å². The van der Waals surface area contributed by atoms with Crippen molar-refractivity contribution in [3.63, 3.8) is 0 Å². The van der Waals surface area contributed by atoms with Crippen LogP contribution in [0.1, 0.15) is 5.56 Å². The molecule has 100 valence electrons. The Kier molecular flexibility index (Phi) is 4.58. The van der Waals surface area contributed by atoms with Crippen LogP contribution >= 0.6 is 23.2 Å². The highest BCUT2D eigenvalue weighted by molar-refractivity contribution is 6.42. The van der Waals surface area contributed by atoms with Crippen LogP contribution in [0.4, 0.5) is 4.39 Å². The summed E-state index contributed by atoms with van der Waals surface area (Å²) in [6.07, 6.45) is 1.10. The SMILES string of the molecule is CNCc1cc(F)cnc1Oc1ccc(Cl)c(Cl)c1. The van der Waals surface area contributed by atoms with Crippen LogP contribution in [-0.4, -0.2) is 12.0 Å². The quantitative estimate of drug-likeness (QED) is 0.925. The van der Waals surface area contributed by atoms with E-state index in [2.05, 4.69) is 10.3 Å². The largest absolute Gasteiger partial charge is 0.439 e. The highest BCUT2D eigenvalue weighted by Gasteiger charge is 2.09. The molecule has 0 fully saturated rings. The van der Waals surface area contributed by atoms with E-state index in [4.69, 9.17) is 27.9 Å². The third kappa shape index (κ3) is 3.56. The lowest BCUT2D eigenvalue weighted by Crippen LogP contribution is -2.07. The summed E-state index contributed by atoms with van der Waals surface area (Å²) in [5.41, 5.74) is 0.619. The van der Waals surface area contributed by atoms with Gasteiger partial charge in [0.05, 0.1) is 16.2 Å². The lowest BCUT2D eigenvalue weighted by molar-refractivity contribution is 0.450. The smallest absolute Gasteiger partial charge is 0.223 e. The van der Waals surface area contributed by atoms with Crippen molar-refractivity contribution < 1.29 is 9.13 Å². The molecule has 1 aromatic carbocycles. The van der Waals surface area contributed by atoms with Crippen molar-refractivity contribution in [1.29, 1.82) is 0 Å². The minimum absolute atomic E-state index is 0.328. The summed E-state index contributed by atoms with van der Waals surface area (Å²) >= 11 is 11.7. The minimum atomic E-state index is -0.410. The van der Waals surface area contributed by atoms with Crippen LogP contribution in [0.3, 0.4) is 0 Å². The second kappa shape index (κ2) is 6.19. The van der Waals surface area contributed by atoms with Gasteiger partial charge in [0.25, 0.3) is 0 Å². The predicted molar refractivity (Wildman–Crippen MR) is 73.5 cm³/mol. The van der Waals surface area contributed by atoms with Crippen molar-refractivity contribution in [2.75, 3.05) is 7.05 Å². The molecule has 19 heavy (non-hydrogen) atoms. The zero-order chi connectivity index (χ0) is 13.8. The monoisotopic (exact) mass is 300 g/mol. The summed E-state index contributed by atoms with van der Waals surface area (Å²) in [5, 5.41) is 3.75. The van der Waals surface area contributed by atoms with Crippen molar-refractivity contribution in [3.8, 4) is 11.6 Å². The van der Waals surface area contributed by atoms with Gasteiger partial charge in [-0.25, -0.2) is 9.37 Å². The van der Waals surface area contributed by atoms with E-state index in [1.165, 1.54) is 6.07 Å². The van der Waals surface area contributed by atoms with Crippen LogP contribution in [0.15, 0.2) is 30.5 Å². The van der Waals surface area contributed by atoms with E-state index in [-0.39, 0.29) is 0 Å². The van der Waals surface area contributed by atoms with E-state index >= 15 is 0 Å². The van der Waals surface area contributed by atoms with Crippen molar-refractivity contribution in [3.05, 3.63) is 51.9 Å². The van der Waals surface area contributed by atoms with Crippen LogP contribution in [0.25, 0.3) is 0 Å². The first-order valence-corrected chi connectivity index (χ1v) is 6.27. The number of aromatic nitrogens is 1. The Balaban J connectivity index is 2.29. The third-order valence-electron chi connectivity index (χ3n) is 2.36. The molecule has 0 saturated carbocycles. The van der Waals surface area contributed by atoms with E-state index in [0.29, 0.717) is 33.8 Å². The molecule has 0 spiro atoms. The second-order valence-electron chi connectivity index (χ2n) is 3.83. The Hall–Kier alpha value is -1.36. The Labute approximate surface area is 120 Å². The minimum Gasteiger partial charge on any atom is -0.439 e. The van der Waals surface area contributed by atoms with E-state index in [1.54, 1.807) is 25.2 Å². The maximum Gasteiger partial charge on any atom is 0.223 e. The van der Waals surface area contributed by atoms with E-state index < -0.39 is 5.82 Å². The van der Waals surface area contributed by atoms with E-state index in [9.17, 15) is 4.39 Å². The molecule has 1 aromatic heterocycles. The van der Waals surface area contributed by atoms with Gasteiger partial charge in [0.1, 0.15) is 11.6 Å². The maximum absolute atomic E-state index is 13.1. The molecule has 3 nitrogen and oxygen atoms in total. The lowest BCUT2D eigenvalue weighted by atomic mass is 10.2. The molecule has 1 N–H and O–H groups in total. The molecule has 0 unspecified atom stereocenters. The van der Waals surface area contributed by atoms with E-state index in [0.717, 1.165) is 6.20 Å². The average molecular weight is 301 g/mol. The summed E-state index contributed by atoms with van der Waals surface area (Å²) in [7, 11) is 1.76. The molecule has 0 amide bonds. The van der Waals surface area contributed by atoms with Crippen LogP contribution in [0, 0.1) is 5.82 Å². The molecule has 1 heterocycles. The number of nitrogens with one attached hydrogen (secondary N) is 1. The normalized spacial score (nSPS) is 10.5. The topological polar surface area (TPSA) is 34.2 Å². The molecule has 6 heteroatoms. The number of pyridine rings is 1. The fourth-order valence-electron chi connectivity index (χ4n) is 1.53. The Morgan fingerprint density at radius 2 is 2.05 bits per heavy atom. The molecule has 2 rings (SSSR count). The summed E-state index contributed by atoms with van der Waals surface area (Å²) in [4.78, 5) is 3.93. The fourth-order valence-corrected chi connectivity index (χ4v) is 1.82. The molecule has 2 aromatic rings. The molecule has 0 saturated heterocycles. The molecular formula is C13H11Cl2FN2O. The van der Waals surface area contributed by atoms with Gasteiger partial charge in [-0.15, -0.1) is 0 Å². The molecule has 0 radical (unpaired) electrons. The molecular weight excluding hydrogens is 290 g/mol. The zero-order valence-corrected chi connectivity index (χ0v) is 11.6. The van der Waals surface area contributed by atoms with Crippen LogP contribution in [-0.2, 0) is 6.54 Å². The van der Waals surface area contributed by atoms with Crippen molar-refractivity contribution in [2.45, 2.75) is 6.54 Å². The highest BCUT2D eigenvalue weighted by Crippen LogP contribution is 2.30. The second-order valence-corrected chi connectivity index (χ2v) is 4.64. The number of benzene rings is 1. The molecule has 0 aliphatic rings. The summed E-state index contributed by atoms with van der Waals surface area (Å²) in [6, 6.07) is 6.25. The zero-order valence-electron chi connectivity index (χ0n) is 10.1. The number of hydrogen-bond acceptors (Lipinski definition) is 3. The number of halogens is 3. The van der Waals surface area contributed by atoms with Gasteiger partial charge in [-0.2, -0.15) is 0 Å². The molecule has 0 aliphatic carbocycles. The van der Waals surface area contributed by atoms with Crippen molar-refractivity contribution in [2.24, 2.45) is 0 Å². The first kappa shape index (κ1) is 14.1.